The molecule has 0 amide bonds. The van der Waals surface area contributed by atoms with Gasteiger partial charge in [-0.3, -0.25) is 0 Å². The molecular formula is C17H17FN2O2S. The summed E-state index contributed by atoms with van der Waals surface area (Å²) in [7, 11) is 0. The summed E-state index contributed by atoms with van der Waals surface area (Å²) in [6, 6.07) is 10.5. The molecule has 0 bridgehead atoms. The van der Waals surface area contributed by atoms with E-state index in [0.717, 1.165) is 28.2 Å². The predicted octanol–water partition coefficient (Wildman–Crippen LogP) is 3.03. The van der Waals surface area contributed by atoms with E-state index >= 15 is 0 Å². The fraction of sp³-hybridized carbons (Fsp3) is 0.235. The Balaban J connectivity index is 1.51. The van der Waals surface area contributed by atoms with Crippen molar-refractivity contribution in [1.82, 2.24) is 10.6 Å². The van der Waals surface area contributed by atoms with Crippen molar-refractivity contribution in [3.05, 3.63) is 58.9 Å². The highest BCUT2D eigenvalue weighted by Gasteiger charge is 2.13. The van der Waals surface area contributed by atoms with E-state index in [0.29, 0.717) is 18.2 Å². The zero-order chi connectivity index (χ0) is 16.2. The molecule has 0 unspecified atom stereocenters. The second-order valence-corrected chi connectivity index (χ2v) is 5.70. The lowest BCUT2D eigenvalue weighted by Crippen LogP contribution is -2.34. The topological polar surface area (TPSA) is 42.5 Å². The van der Waals surface area contributed by atoms with Crippen LogP contribution in [0.1, 0.15) is 16.7 Å². The molecule has 2 aromatic carbocycles. The van der Waals surface area contributed by atoms with Crippen molar-refractivity contribution in [1.29, 1.82) is 0 Å². The van der Waals surface area contributed by atoms with Crippen molar-refractivity contribution in [2.75, 3.05) is 6.79 Å². The number of nitrogens with one attached hydrogen (secondary N) is 2. The van der Waals surface area contributed by atoms with E-state index in [1.165, 1.54) is 12.1 Å². The SMILES string of the molecule is Cc1ccc(F)cc1CNC(=S)NCc1ccc2c(c1)OCO2. The van der Waals surface area contributed by atoms with Gasteiger partial charge in [-0.25, -0.2) is 4.39 Å². The van der Waals surface area contributed by atoms with Crippen LogP contribution >= 0.6 is 12.2 Å². The van der Waals surface area contributed by atoms with Crippen LogP contribution in [0.4, 0.5) is 4.39 Å². The van der Waals surface area contributed by atoms with Gasteiger partial charge in [-0.2, -0.15) is 0 Å². The van der Waals surface area contributed by atoms with Gasteiger partial charge in [0.1, 0.15) is 5.82 Å². The van der Waals surface area contributed by atoms with Gasteiger partial charge in [0.15, 0.2) is 16.6 Å². The fourth-order valence-corrected chi connectivity index (χ4v) is 2.45. The highest BCUT2D eigenvalue weighted by atomic mass is 32.1. The highest BCUT2D eigenvalue weighted by molar-refractivity contribution is 7.80. The molecule has 4 nitrogen and oxygen atoms in total. The van der Waals surface area contributed by atoms with Gasteiger partial charge in [-0.15, -0.1) is 0 Å². The lowest BCUT2D eigenvalue weighted by Gasteiger charge is -2.12. The van der Waals surface area contributed by atoms with Crippen LogP contribution in [0.25, 0.3) is 0 Å². The molecule has 0 radical (unpaired) electrons. The molecule has 0 fully saturated rings. The molecule has 2 aromatic rings. The summed E-state index contributed by atoms with van der Waals surface area (Å²) in [5.41, 5.74) is 2.95. The Kier molecular flexibility index (Phi) is 4.62. The number of fused-ring (bicyclic) bond motifs is 1. The summed E-state index contributed by atoms with van der Waals surface area (Å²) >= 11 is 5.26. The van der Waals surface area contributed by atoms with Crippen molar-refractivity contribution >= 4 is 17.3 Å². The molecule has 23 heavy (non-hydrogen) atoms. The molecule has 3 rings (SSSR count). The van der Waals surface area contributed by atoms with Crippen molar-refractivity contribution in [2.45, 2.75) is 20.0 Å². The molecular weight excluding hydrogens is 315 g/mol. The third-order valence-corrected chi connectivity index (χ3v) is 3.93. The second kappa shape index (κ2) is 6.83. The number of ether oxygens (including phenoxy) is 2. The van der Waals surface area contributed by atoms with E-state index in [-0.39, 0.29) is 12.6 Å². The number of halogens is 1. The Bertz CT molecular complexity index is 737. The Morgan fingerprint density at radius 1 is 1.09 bits per heavy atom. The van der Waals surface area contributed by atoms with E-state index in [1.54, 1.807) is 6.07 Å². The van der Waals surface area contributed by atoms with Crippen LogP contribution in [0.5, 0.6) is 11.5 Å². The number of thiocarbonyl (C=S) groups is 1. The first-order valence-corrected chi connectivity index (χ1v) is 7.68. The quantitative estimate of drug-likeness (QED) is 0.843. The summed E-state index contributed by atoms with van der Waals surface area (Å²) in [6.07, 6.45) is 0. The van der Waals surface area contributed by atoms with Gasteiger partial charge in [-0.05, 0) is 60.1 Å². The molecule has 0 saturated carbocycles. The Morgan fingerprint density at radius 2 is 1.87 bits per heavy atom. The van der Waals surface area contributed by atoms with Crippen molar-refractivity contribution in [2.24, 2.45) is 0 Å². The Labute approximate surface area is 139 Å². The summed E-state index contributed by atoms with van der Waals surface area (Å²) in [5, 5.41) is 6.73. The van der Waals surface area contributed by atoms with Crippen LogP contribution in [0.2, 0.25) is 0 Å². The Hall–Kier alpha value is -2.34. The molecule has 1 aliphatic heterocycles. The maximum Gasteiger partial charge on any atom is 0.231 e. The maximum atomic E-state index is 13.3. The summed E-state index contributed by atoms with van der Waals surface area (Å²) in [4.78, 5) is 0. The summed E-state index contributed by atoms with van der Waals surface area (Å²) in [5.74, 6) is 1.27. The average molecular weight is 332 g/mol. The van der Waals surface area contributed by atoms with Crippen LogP contribution in [-0.2, 0) is 13.1 Å². The first-order chi connectivity index (χ1) is 11.1. The minimum absolute atomic E-state index is 0.244. The Morgan fingerprint density at radius 3 is 2.74 bits per heavy atom. The number of rotatable bonds is 4. The molecule has 0 saturated heterocycles. The number of hydrogen-bond acceptors (Lipinski definition) is 3. The van der Waals surface area contributed by atoms with Gasteiger partial charge in [0, 0.05) is 13.1 Å². The number of benzene rings is 2. The van der Waals surface area contributed by atoms with E-state index in [1.807, 2.05) is 25.1 Å². The first kappa shape index (κ1) is 15.6. The van der Waals surface area contributed by atoms with Gasteiger partial charge in [0.2, 0.25) is 6.79 Å². The molecule has 1 heterocycles. The molecule has 120 valence electrons. The van der Waals surface area contributed by atoms with E-state index in [2.05, 4.69) is 10.6 Å². The van der Waals surface area contributed by atoms with Gasteiger partial charge < -0.3 is 20.1 Å². The number of hydrogen-bond donors (Lipinski definition) is 2. The standard InChI is InChI=1S/C17H17FN2O2S/c1-11-2-4-14(18)7-13(11)9-20-17(23)19-8-12-3-5-15-16(6-12)22-10-21-15/h2-7H,8-10H2,1H3,(H2,19,20,23). The lowest BCUT2D eigenvalue weighted by atomic mass is 10.1. The van der Waals surface area contributed by atoms with E-state index < -0.39 is 0 Å². The van der Waals surface area contributed by atoms with Crippen molar-refractivity contribution < 1.29 is 13.9 Å². The van der Waals surface area contributed by atoms with E-state index in [9.17, 15) is 4.39 Å². The lowest BCUT2D eigenvalue weighted by molar-refractivity contribution is 0.174. The maximum absolute atomic E-state index is 13.3. The number of aryl methyl sites for hydroxylation is 1. The predicted molar refractivity (Wildman–Crippen MR) is 90.0 cm³/mol. The molecule has 6 heteroatoms. The molecule has 0 spiro atoms. The minimum Gasteiger partial charge on any atom is -0.454 e. The van der Waals surface area contributed by atoms with Gasteiger partial charge in [-0.1, -0.05) is 12.1 Å². The normalized spacial score (nSPS) is 12.1. The second-order valence-electron chi connectivity index (χ2n) is 5.29. The van der Waals surface area contributed by atoms with Crippen LogP contribution in [0.15, 0.2) is 36.4 Å². The molecule has 1 aliphatic rings. The first-order valence-electron chi connectivity index (χ1n) is 7.27. The minimum atomic E-state index is -0.244. The van der Waals surface area contributed by atoms with Crippen LogP contribution in [-0.4, -0.2) is 11.9 Å². The largest absolute Gasteiger partial charge is 0.454 e. The van der Waals surface area contributed by atoms with E-state index in [4.69, 9.17) is 21.7 Å². The van der Waals surface area contributed by atoms with Crippen LogP contribution < -0.4 is 20.1 Å². The monoisotopic (exact) mass is 332 g/mol. The van der Waals surface area contributed by atoms with Crippen LogP contribution in [0.3, 0.4) is 0 Å². The third kappa shape index (κ3) is 3.90. The summed E-state index contributed by atoms with van der Waals surface area (Å²) in [6.45, 7) is 3.26. The van der Waals surface area contributed by atoms with Gasteiger partial charge in [0.25, 0.3) is 0 Å². The third-order valence-electron chi connectivity index (χ3n) is 3.64. The zero-order valence-corrected chi connectivity index (χ0v) is 13.5. The molecule has 0 aromatic heterocycles. The van der Waals surface area contributed by atoms with Crippen molar-refractivity contribution in [3.8, 4) is 11.5 Å². The van der Waals surface area contributed by atoms with Crippen LogP contribution in [0, 0.1) is 12.7 Å². The zero-order valence-electron chi connectivity index (χ0n) is 12.7. The molecule has 0 atom stereocenters. The van der Waals surface area contributed by atoms with Crippen molar-refractivity contribution in [3.63, 3.8) is 0 Å². The van der Waals surface area contributed by atoms with Gasteiger partial charge in [0.05, 0.1) is 0 Å². The molecule has 0 aliphatic carbocycles. The average Bonchev–Trinajstić information content (AvgIpc) is 3.01. The van der Waals surface area contributed by atoms with Gasteiger partial charge >= 0.3 is 0 Å². The summed E-state index contributed by atoms with van der Waals surface area (Å²) < 4.78 is 23.9. The highest BCUT2D eigenvalue weighted by Crippen LogP contribution is 2.32. The smallest absolute Gasteiger partial charge is 0.231 e. The molecule has 2 N–H and O–H groups in total. The fourth-order valence-electron chi connectivity index (χ4n) is 2.30.